The lowest BCUT2D eigenvalue weighted by Gasteiger charge is -2.38. The number of rotatable bonds is 5. The summed E-state index contributed by atoms with van der Waals surface area (Å²) in [5, 5.41) is 0. The Labute approximate surface area is 150 Å². The van der Waals surface area contributed by atoms with Crippen LogP contribution >= 0.6 is 0 Å². The minimum atomic E-state index is -3.55. The molecule has 0 bridgehead atoms. The van der Waals surface area contributed by atoms with E-state index in [0.29, 0.717) is 4.90 Å². The monoisotopic (exact) mass is 359 g/mol. The van der Waals surface area contributed by atoms with E-state index in [1.165, 1.54) is 0 Å². The summed E-state index contributed by atoms with van der Waals surface area (Å²) in [4.78, 5) is 0.310. The van der Waals surface area contributed by atoms with Gasteiger partial charge in [-0.3, -0.25) is 0 Å². The first-order valence-corrected chi connectivity index (χ1v) is 10.2. The summed E-state index contributed by atoms with van der Waals surface area (Å²) in [5.74, 6) is 0.0140. The van der Waals surface area contributed by atoms with Gasteiger partial charge in [0.15, 0.2) is 0 Å². The first-order chi connectivity index (χ1) is 12.0. The molecular formula is C20H25NO3S. The highest BCUT2D eigenvalue weighted by molar-refractivity contribution is 7.89. The fraction of sp³-hybridized carbons (Fsp3) is 0.400. The molecular weight excluding hydrogens is 334 g/mol. The lowest BCUT2D eigenvalue weighted by atomic mass is 9.78. The summed E-state index contributed by atoms with van der Waals surface area (Å²) in [6.45, 7) is 1.94. The molecule has 1 N–H and O–H groups in total. The van der Waals surface area contributed by atoms with Gasteiger partial charge in [0, 0.05) is 19.1 Å². The van der Waals surface area contributed by atoms with Crippen LogP contribution in [0.25, 0.3) is 0 Å². The second kappa shape index (κ2) is 7.68. The highest BCUT2D eigenvalue weighted by atomic mass is 32.2. The maximum atomic E-state index is 12.8. The molecule has 5 heteroatoms. The van der Waals surface area contributed by atoms with Gasteiger partial charge in [0.1, 0.15) is 0 Å². The fourth-order valence-corrected chi connectivity index (χ4v) is 4.95. The zero-order valence-electron chi connectivity index (χ0n) is 14.7. The minimum Gasteiger partial charge on any atom is -0.381 e. The molecule has 3 rings (SSSR count). The highest BCUT2D eigenvalue weighted by Crippen LogP contribution is 2.35. The van der Waals surface area contributed by atoms with Crippen molar-refractivity contribution >= 4 is 10.0 Å². The van der Waals surface area contributed by atoms with Crippen molar-refractivity contribution in [1.82, 2.24) is 4.72 Å². The lowest BCUT2D eigenvalue weighted by Crippen LogP contribution is -2.46. The van der Waals surface area contributed by atoms with Crippen LogP contribution in [0.3, 0.4) is 0 Å². The van der Waals surface area contributed by atoms with Gasteiger partial charge in [-0.1, -0.05) is 48.0 Å². The predicted octanol–water partition coefficient (Wildman–Crippen LogP) is 3.62. The molecule has 0 aromatic heterocycles. The maximum absolute atomic E-state index is 12.8. The van der Waals surface area contributed by atoms with Gasteiger partial charge in [-0.05, 0) is 43.9 Å². The Morgan fingerprint density at radius 2 is 1.68 bits per heavy atom. The molecule has 2 aromatic carbocycles. The molecule has 1 aliphatic carbocycles. The third-order valence-corrected chi connectivity index (χ3v) is 6.47. The van der Waals surface area contributed by atoms with Gasteiger partial charge in [-0.2, -0.15) is 0 Å². The van der Waals surface area contributed by atoms with Crippen LogP contribution in [0.4, 0.5) is 0 Å². The van der Waals surface area contributed by atoms with Gasteiger partial charge < -0.3 is 4.74 Å². The van der Waals surface area contributed by atoms with E-state index >= 15 is 0 Å². The standard InChI is InChI=1S/C20H25NO3S/c1-15-11-13-17(14-12-15)25(22,23)21-18-9-6-10-19(24-2)20(18)16-7-4-3-5-8-16/h3-5,7-8,11-14,18-21H,6,9-10H2,1-2H3/t18-,19-,20+/m1/s1. The van der Waals surface area contributed by atoms with Crippen LogP contribution in [-0.4, -0.2) is 27.7 Å². The van der Waals surface area contributed by atoms with E-state index in [1.54, 1.807) is 19.2 Å². The van der Waals surface area contributed by atoms with Crippen LogP contribution in [-0.2, 0) is 14.8 Å². The van der Waals surface area contributed by atoms with Crippen molar-refractivity contribution in [1.29, 1.82) is 0 Å². The number of nitrogens with one attached hydrogen (secondary N) is 1. The molecule has 0 aliphatic heterocycles. The molecule has 0 unspecified atom stereocenters. The summed E-state index contributed by atoms with van der Waals surface area (Å²) in [6, 6.07) is 16.8. The fourth-order valence-electron chi connectivity index (χ4n) is 3.66. The molecule has 25 heavy (non-hydrogen) atoms. The zero-order valence-corrected chi connectivity index (χ0v) is 15.5. The van der Waals surface area contributed by atoms with E-state index < -0.39 is 10.0 Å². The SMILES string of the molecule is CO[C@@H]1CCC[C@@H](NS(=O)(=O)c2ccc(C)cc2)[C@@H]1c1ccccc1. The number of hydrogen-bond donors (Lipinski definition) is 1. The average Bonchev–Trinajstić information content (AvgIpc) is 2.62. The Balaban J connectivity index is 1.89. The number of methoxy groups -OCH3 is 1. The summed E-state index contributed by atoms with van der Waals surface area (Å²) < 4.78 is 34.3. The van der Waals surface area contributed by atoms with Gasteiger partial charge in [-0.25, -0.2) is 13.1 Å². The van der Waals surface area contributed by atoms with Crippen molar-refractivity contribution in [3.63, 3.8) is 0 Å². The van der Waals surface area contributed by atoms with Gasteiger partial charge in [-0.15, -0.1) is 0 Å². The first-order valence-electron chi connectivity index (χ1n) is 8.68. The predicted molar refractivity (Wildman–Crippen MR) is 99.1 cm³/mol. The Morgan fingerprint density at radius 3 is 2.32 bits per heavy atom. The molecule has 134 valence electrons. The van der Waals surface area contributed by atoms with Gasteiger partial charge in [0.2, 0.25) is 10.0 Å². The normalized spacial score (nSPS) is 24.2. The van der Waals surface area contributed by atoms with Gasteiger partial charge in [0.05, 0.1) is 11.0 Å². The van der Waals surface area contributed by atoms with Crippen LogP contribution in [0.5, 0.6) is 0 Å². The smallest absolute Gasteiger partial charge is 0.240 e. The lowest BCUT2D eigenvalue weighted by molar-refractivity contribution is 0.0422. The third kappa shape index (κ3) is 4.11. The quantitative estimate of drug-likeness (QED) is 0.887. The van der Waals surface area contributed by atoms with E-state index in [4.69, 9.17) is 4.74 Å². The van der Waals surface area contributed by atoms with E-state index in [9.17, 15) is 8.42 Å². The summed E-state index contributed by atoms with van der Waals surface area (Å²) in [7, 11) is -1.85. The summed E-state index contributed by atoms with van der Waals surface area (Å²) in [6.07, 6.45) is 2.72. The Hall–Kier alpha value is -1.69. The van der Waals surface area contributed by atoms with Gasteiger partial charge in [0.25, 0.3) is 0 Å². The molecule has 1 saturated carbocycles. The summed E-state index contributed by atoms with van der Waals surface area (Å²) in [5.41, 5.74) is 2.16. The third-order valence-electron chi connectivity index (χ3n) is 4.96. The first kappa shape index (κ1) is 18.1. The van der Waals surface area contributed by atoms with Crippen LogP contribution in [0, 0.1) is 6.92 Å². The van der Waals surface area contributed by atoms with Crippen LogP contribution in [0.2, 0.25) is 0 Å². The van der Waals surface area contributed by atoms with Crippen molar-refractivity contribution in [2.75, 3.05) is 7.11 Å². The van der Waals surface area contributed by atoms with E-state index in [2.05, 4.69) is 16.9 Å². The van der Waals surface area contributed by atoms with Crippen LogP contribution in [0.15, 0.2) is 59.5 Å². The molecule has 0 saturated heterocycles. The van der Waals surface area contributed by atoms with E-state index in [0.717, 1.165) is 30.4 Å². The topological polar surface area (TPSA) is 55.4 Å². The highest BCUT2D eigenvalue weighted by Gasteiger charge is 2.37. The molecule has 0 spiro atoms. The van der Waals surface area contributed by atoms with Crippen LogP contribution in [0.1, 0.15) is 36.3 Å². The molecule has 2 aromatic rings. The van der Waals surface area contributed by atoms with Gasteiger partial charge >= 0.3 is 0 Å². The number of benzene rings is 2. The van der Waals surface area contributed by atoms with Crippen LogP contribution < -0.4 is 4.72 Å². The number of sulfonamides is 1. The molecule has 0 heterocycles. The van der Waals surface area contributed by atoms with Crippen molar-refractivity contribution in [3.8, 4) is 0 Å². The largest absolute Gasteiger partial charge is 0.381 e. The Kier molecular flexibility index (Phi) is 5.57. The molecule has 4 nitrogen and oxygen atoms in total. The average molecular weight is 359 g/mol. The molecule has 1 fully saturated rings. The van der Waals surface area contributed by atoms with Crippen molar-refractivity contribution in [2.24, 2.45) is 0 Å². The van der Waals surface area contributed by atoms with Crippen molar-refractivity contribution in [2.45, 2.75) is 49.1 Å². The van der Waals surface area contributed by atoms with Crippen molar-refractivity contribution < 1.29 is 13.2 Å². The summed E-state index contributed by atoms with van der Waals surface area (Å²) >= 11 is 0. The molecule has 0 amide bonds. The molecule has 3 atom stereocenters. The zero-order chi connectivity index (χ0) is 17.9. The second-order valence-corrected chi connectivity index (χ2v) is 8.40. The number of aryl methyl sites for hydroxylation is 1. The maximum Gasteiger partial charge on any atom is 0.240 e. The minimum absolute atomic E-state index is 0.0140. The van der Waals surface area contributed by atoms with Crippen molar-refractivity contribution in [3.05, 3.63) is 65.7 Å². The number of ether oxygens (including phenoxy) is 1. The Morgan fingerprint density at radius 1 is 1.00 bits per heavy atom. The molecule has 1 aliphatic rings. The number of hydrogen-bond acceptors (Lipinski definition) is 3. The van der Waals surface area contributed by atoms with E-state index in [1.807, 2.05) is 37.3 Å². The van der Waals surface area contributed by atoms with E-state index in [-0.39, 0.29) is 18.1 Å². The second-order valence-electron chi connectivity index (χ2n) is 6.68. The molecule has 0 radical (unpaired) electrons. The Bertz CT molecular complexity index is 787.